The van der Waals surface area contributed by atoms with Crippen LogP contribution in [-0.4, -0.2) is 9.67 Å². The van der Waals surface area contributed by atoms with Gasteiger partial charge in [0.25, 0.3) is 0 Å². The number of thioether (sulfide) groups is 1. The van der Waals surface area contributed by atoms with Gasteiger partial charge in [0.15, 0.2) is 0 Å². The molecular weight excluding hydrogens is 278 g/mol. The molecule has 0 spiro atoms. The Morgan fingerprint density at radius 2 is 1.62 bits per heavy atom. The first-order valence-electron chi connectivity index (χ1n) is 6.90. The molecule has 2 nitrogen and oxygen atoms in total. The van der Waals surface area contributed by atoms with Crippen molar-refractivity contribution in [3.05, 3.63) is 84.2 Å². The molecular formula is C18H17NOS. The molecule has 1 aromatic heterocycles. The molecule has 2 aromatic carbocycles. The molecule has 3 heteroatoms. The zero-order valence-electron chi connectivity index (χ0n) is 11.6. The quantitative estimate of drug-likeness (QED) is 0.711. The number of nitrogens with zero attached hydrogens (tertiary/aromatic N) is 1. The number of hydrogen-bond donors (Lipinski definition) is 1. The lowest BCUT2D eigenvalue weighted by atomic mass is 10.2. The number of hydrogen-bond acceptors (Lipinski definition) is 2. The summed E-state index contributed by atoms with van der Waals surface area (Å²) in [7, 11) is 0. The fourth-order valence-electron chi connectivity index (χ4n) is 2.21. The third-order valence-corrected chi connectivity index (χ3v) is 4.36. The lowest BCUT2D eigenvalue weighted by Crippen LogP contribution is -1.91. The monoisotopic (exact) mass is 295 g/mol. The van der Waals surface area contributed by atoms with E-state index in [1.807, 2.05) is 30.3 Å². The zero-order valence-corrected chi connectivity index (χ0v) is 12.5. The van der Waals surface area contributed by atoms with Crippen molar-refractivity contribution in [2.45, 2.75) is 17.3 Å². The van der Waals surface area contributed by atoms with Crippen molar-refractivity contribution >= 4 is 11.8 Å². The molecule has 0 bridgehead atoms. The summed E-state index contributed by atoms with van der Waals surface area (Å²) in [6, 6.07) is 20.7. The van der Waals surface area contributed by atoms with E-state index >= 15 is 0 Å². The number of aliphatic hydroxyl groups excluding tert-OH is 1. The minimum Gasteiger partial charge on any atom is -0.392 e. The van der Waals surface area contributed by atoms with Crippen LogP contribution in [0.1, 0.15) is 11.1 Å². The lowest BCUT2D eigenvalue weighted by molar-refractivity contribution is 0.281. The van der Waals surface area contributed by atoms with Gasteiger partial charge in [0.05, 0.1) is 6.61 Å². The smallest absolute Gasteiger partial charge is 0.0682 e. The van der Waals surface area contributed by atoms with Gasteiger partial charge in [0.1, 0.15) is 0 Å². The molecule has 3 rings (SSSR count). The molecule has 0 atom stereocenters. The van der Waals surface area contributed by atoms with Crippen LogP contribution in [0.2, 0.25) is 0 Å². The molecule has 0 saturated heterocycles. The Kier molecular flexibility index (Phi) is 4.43. The number of aromatic nitrogens is 1. The van der Waals surface area contributed by atoms with Gasteiger partial charge >= 0.3 is 0 Å². The second-order valence-electron chi connectivity index (χ2n) is 4.85. The van der Waals surface area contributed by atoms with Crippen molar-refractivity contribution in [2.24, 2.45) is 0 Å². The summed E-state index contributed by atoms with van der Waals surface area (Å²) in [5, 5.41) is 9.18. The van der Waals surface area contributed by atoms with Crippen LogP contribution < -0.4 is 0 Å². The van der Waals surface area contributed by atoms with Crippen molar-refractivity contribution in [1.29, 1.82) is 0 Å². The lowest BCUT2D eigenvalue weighted by Gasteiger charge is -2.07. The van der Waals surface area contributed by atoms with Gasteiger partial charge in [-0.3, -0.25) is 0 Å². The predicted octanol–water partition coefficient (Wildman–Crippen LogP) is 4.26. The average molecular weight is 295 g/mol. The van der Waals surface area contributed by atoms with Crippen LogP contribution in [-0.2, 0) is 12.4 Å². The molecule has 0 amide bonds. The summed E-state index contributed by atoms with van der Waals surface area (Å²) in [6.45, 7) is 0.0948. The highest BCUT2D eigenvalue weighted by molar-refractivity contribution is 7.98. The van der Waals surface area contributed by atoms with E-state index in [9.17, 15) is 5.11 Å². The van der Waals surface area contributed by atoms with Crippen LogP contribution in [0.5, 0.6) is 0 Å². The molecule has 21 heavy (non-hydrogen) atoms. The van der Waals surface area contributed by atoms with Crippen LogP contribution in [0.15, 0.2) is 78.0 Å². The topological polar surface area (TPSA) is 25.2 Å². The average Bonchev–Trinajstić information content (AvgIpc) is 3.08. The van der Waals surface area contributed by atoms with E-state index < -0.39 is 0 Å². The first kappa shape index (κ1) is 14.0. The highest BCUT2D eigenvalue weighted by atomic mass is 32.2. The summed E-state index contributed by atoms with van der Waals surface area (Å²) < 4.78 is 2.11. The SMILES string of the molecule is OCc1cccc(SCc2cccc(-n3cccc3)c2)c1. The van der Waals surface area contributed by atoms with Crippen molar-refractivity contribution < 1.29 is 5.11 Å². The van der Waals surface area contributed by atoms with E-state index in [4.69, 9.17) is 0 Å². The molecule has 1 N–H and O–H groups in total. The van der Waals surface area contributed by atoms with Crippen molar-refractivity contribution in [3.63, 3.8) is 0 Å². The normalized spacial score (nSPS) is 10.7. The Bertz CT molecular complexity index is 707. The molecule has 3 aromatic rings. The van der Waals surface area contributed by atoms with E-state index in [1.54, 1.807) is 11.8 Å². The van der Waals surface area contributed by atoms with Gasteiger partial charge < -0.3 is 9.67 Å². The standard InChI is InChI=1S/C18H17NOS/c20-13-15-5-4-8-18(12-15)21-14-16-6-3-7-17(11-16)19-9-1-2-10-19/h1-12,20H,13-14H2. The second-order valence-corrected chi connectivity index (χ2v) is 5.90. The minimum atomic E-state index is 0.0948. The van der Waals surface area contributed by atoms with E-state index in [1.165, 1.54) is 16.1 Å². The maximum atomic E-state index is 9.18. The number of rotatable bonds is 5. The van der Waals surface area contributed by atoms with E-state index in [-0.39, 0.29) is 6.61 Å². The molecule has 0 radical (unpaired) electrons. The van der Waals surface area contributed by atoms with Crippen LogP contribution >= 0.6 is 11.8 Å². The minimum absolute atomic E-state index is 0.0948. The Hall–Kier alpha value is -1.97. The molecule has 0 aliphatic rings. The zero-order chi connectivity index (χ0) is 14.5. The number of aliphatic hydroxyl groups is 1. The van der Waals surface area contributed by atoms with E-state index in [0.717, 1.165) is 11.3 Å². The van der Waals surface area contributed by atoms with Crippen molar-refractivity contribution in [2.75, 3.05) is 0 Å². The fraction of sp³-hybridized carbons (Fsp3) is 0.111. The van der Waals surface area contributed by atoms with Crippen molar-refractivity contribution in [1.82, 2.24) is 4.57 Å². The van der Waals surface area contributed by atoms with Crippen LogP contribution in [0.25, 0.3) is 5.69 Å². The van der Waals surface area contributed by atoms with Crippen LogP contribution in [0, 0.1) is 0 Å². The summed E-state index contributed by atoms with van der Waals surface area (Å²) in [5.74, 6) is 0.921. The maximum absolute atomic E-state index is 9.18. The number of benzene rings is 2. The van der Waals surface area contributed by atoms with Gasteiger partial charge in [-0.2, -0.15) is 0 Å². The van der Waals surface area contributed by atoms with E-state index in [2.05, 4.69) is 47.3 Å². The summed E-state index contributed by atoms with van der Waals surface area (Å²) >= 11 is 1.79. The summed E-state index contributed by atoms with van der Waals surface area (Å²) in [5.41, 5.74) is 3.43. The molecule has 0 fully saturated rings. The van der Waals surface area contributed by atoms with Gasteiger partial charge in [-0.25, -0.2) is 0 Å². The maximum Gasteiger partial charge on any atom is 0.0682 e. The van der Waals surface area contributed by atoms with Crippen LogP contribution in [0.4, 0.5) is 0 Å². The summed E-state index contributed by atoms with van der Waals surface area (Å²) in [6.07, 6.45) is 4.11. The van der Waals surface area contributed by atoms with Crippen molar-refractivity contribution in [3.8, 4) is 5.69 Å². The van der Waals surface area contributed by atoms with Gasteiger partial charge in [-0.15, -0.1) is 11.8 Å². The Balaban J connectivity index is 1.72. The van der Waals surface area contributed by atoms with Crippen LogP contribution in [0.3, 0.4) is 0 Å². The second kappa shape index (κ2) is 6.66. The molecule has 106 valence electrons. The first-order valence-corrected chi connectivity index (χ1v) is 7.88. The van der Waals surface area contributed by atoms with Gasteiger partial charge in [0.2, 0.25) is 0 Å². The largest absolute Gasteiger partial charge is 0.392 e. The van der Waals surface area contributed by atoms with E-state index in [0.29, 0.717) is 0 Å². The first-order chi connectivity index (χ1) is 10.3. The highest BCUT2D eigenvalue weighted by Gasteiger charge is 2.00. The molecule has 0 aliphatic heterocycles. The van der Waals surface area contributed by atoms with Gasteiger partial charge in [-0.05, 0) is 47.5 Å². The highest BCUT2D eigenvalue weighted by Crippen LogP contribution is 2.24. The van der Waals surface area contributed by atoms with Gasteiger partial charge in [0, 0.05) is 28.7 Å². The third-order valence-electron chi connectivity index (χ3n) is 3.30. The third kappa shape index (κ3) is 3.57. The molecule has 0 saturated carbocycles. The fourth-order valence-corrected chi connectivity index (χ4v) is 3.14. The van der Waals surface area contributed by atoms with Gasteiger partial charge in [-0.1, -0.05) is 24.3 Å². The Morgan fingerprint density at radius 1 is 0.857 bits per heavy atom. The Morgan fingerprint density at radius 3 is 2.43 bits per heavy atom. The molecule has 1 heterocycles. The predicted molar refractivity (Wildman–Crippen MR) is 87.7 cm³/mol. The summed E-state index contributed by atoms with van der Waals surface area (Å²) in [4.78, 5) is 1.19. The Labute approximate surface area is 129 Å². The molecule has 0 unspecified atom stereocenters. The molecule has 0 aliphatic carbocycles.